The molecule has 0 aliphatic heterocycles. The van der Waals surface area contributed by atoms with E-state index in [9.17, 15) is 4.39 Å². The Morgan fingerprint density at radius 1 is 1.24 bits per heavy atom. The Balaban J connectivity index is 2.11. The zero-order valence-electron chi connectivity index (χ0n) is 12.5. The van der Waals surface area contributed by atoms with E-state index in [1.165, 1.54) is 0 Å². The number of nitrogens with zero attached hydrogens (tertiary/aromatic N) is 1. The molecule has 0 atom stereocenters. The molecule has 0 aliphatic carbocycles. The number of benzene rings is 1. The van der Waals surface area contributed by atoms with Crippen LogP contribution in [0.2, 0.25) is 0 Å². The Morgan fingerprint density at radius 2 is 1.90 bits per heavy atom. The predicted octanol–water partition coefficient (Wildman–Crippen LogP) is 3.43. The number of hydrogen-bond donors (Lipinski definition) is 2. The molecule has 0 fully saturated rings. The summed E-state index contributed by atoms with van der Waals surface area (Å²) < 4.78 is 19.0. The van der Waals surface area contributed by atoms with Crippen LogP contribution < -0.4 is 15.8 Å². The van der Waals surface area contributed by atoms with Crippen molar-refractivity contribution >= 4 is 11.5 Å². The van der Waals surface area contributed by atoms with E-state index >= 15 is 0 Å². The molecular formula is C16H20FN3O. The molecule has 1 aromatic carbocycles. The normalized spacial score (nSPS) is 10.5. The molecule has 112 valence electrons. The molecule has 2 aromatic rings. The Kier molecular flexibility index (Phi) is 4.62. The fourth-order valence-corrected chi connectivity index (χ4v) is 2.13. The van der Waals surface area contributed by atoms with E-state index in [2.05, 4.69) is 10.3 Å². The van der Waals surface area contributed by atoms with Crippen molar-refractivity contribution in [3.63, 3.8) is 0 Å². The molecule has 0 saturated carbocycles. The number of ether oxygens (including phenoxy) is 1. The summed E-state index contributed by atoms with van der Waals surface area (Å²) in [6, 6.07) is 7.20. The molecular weight excluding hydrogens is 269 g/mol. The van der Waals surface area contributed by atoms with Crippen LogP contribution in [0.15, 0.2) is 24.3 Å². The third-order valence-electron chi connectivity index (χ3n) is 3.14. The number of halogens is 1. The number of rotatable bonds is 5. The van der Waals surface area contributed by atoms with Gasteiger partial charge in [-0.25, -0.2) is 4.39 Å². The minimum absolute atomic E-state index is 0.150. The van der Waals surface area contributed by atoms with E-state index in [-0.39, 0.29) is 5.82 Å². The van der Waals surface area contributed by atoms with Gasteiger partial charge in [0.25, 0.3) is 0 Å². The maximum Gasteiger partial charge on any atom is 0.239 e. The van der Waals surface area contributed by atoms with Crippen molar-refractivity contribution in [2.75, 3.05) is 17.7 Å². The summed E-state index contributed by atoms with van der Waals surface area (Å²) >= 11 is 0. The van der Waals surface area contributed by atoms with Crippen molar-refractivity contribution in [2.24, 2.45) is 0 Å². The lowest BCUT2D eigenvalue weighted by molar-refractivity contribution is 0.329. The zero-order chi connectivity index (χ0) is 15.4. The first-order valence-corrected chi connectivity index (χ1v) is 6.90. The first kappa shape index (κ1) is 15.1. The van der Waals surface area contributed by atoms with Gasteiger partial charge in [-0.3, -0.25) is 0 Å². The molecule has 1 aromatic heterocycles. The molecule has 1 heterocycles. The number of nitrogens with two attached hydrogens (primary N) is 1. The van der Waals surface area contributed by atoms with Crippen LogP contribution in [-0.4, -0.2) is 11.6 Å². The van der Waals surface area contributed by atoms with E-state index in [4.69, 9.17) is 10.5 Å². The highest BCUT2D eigenvalue weighted by Gasteiger charge is 2.06. The van der Waals surface area contributed by atoms with Crippen LogP contribution in [0.25, 0.3) is 0 Å². The summed E-state index contributed by atoms with van der Waals surface area (Å²) in [5, 5.41) is 3.19. The second kappa shape index (κ2) is 6.43. The van der Waals surface area contributed by atoms with Crippen molar-refractivity contribution in [1.29, 1.82) is 0 Å². The van der Waals surface area contributed by atoms with Crippen LogP contribution in [0.1, 0.15) is 23.6 Å². The van der Waals surface area contributed by atoms with Crippen molar-refractivity contribution in [3.05, 3.63) is 46.8 Å². The zero-order valence-corrected chi connectivity index (χ0v) is 12.5. The number of pyridine rings is 1. The van der Waals surface area contributed by atoms with Crippen LogP contribution >= 0.6 is 0 Å². The molecule has 2 rings (SSSR count). The second-order valence-electron chi connectivity index (χ2n) is 4.92. The fourth-order valence-electron chi connectivity index (χ4n) is 2.13. The number of aryl methyl sites for hydroxylation is 2. The van der Waals surface area contributed by atoms with Crippen LogP contribution in [-0.2, 0) is 6.54 Å². The van der Waals surface area contributed by atoms with Crippen molar-refractivity contribution in [1.82, 2.24) is 4.98 Å². The lowest BCUT2D eigenvalue weighted by atomic mass is 10.1. The van der Waals surface area contributed by atoms with Crippen LogP contribution in [0.3, 0.4) is 0 Å². The van der Waals surface area contributed by atoms with Gasteiger partial charge >= 0.3 is 0 Å². The first-order valence-electron chi connectivity index (χ1n) is 6.90. The Hall–Kier alpha value is -2.30. The van der Waals surface area contributed by atoms with E-state index in [1.807, 2.05) is 19.1 Å². The standard InChI is InChI=1S/C16H20FN3O/c1-4-21-16-13(18)5-6-14(20-16)19-9-12-7-10(2)15(17)11(3)8-12/h5-8H,4,9,18H2,1-3H3,(H,19,20). The summed E-state index contributed by atoms with van der Waals surface area (Å²) in [6.45, 7) is 6.48. The van der Waals surface area contributed by atoms with E-state index in [0.29, 0.717) is 41.7 Å². The second-order valence-corrected chi connectivity index (χ2v) is 4.92. The lowest BCUT2D eigenvalue weighted by Gasteiger charge is -2.11. The molecule has 21 heavy (non-hydrogen) atoms. The van der Waals surface area contributed by atoms with Gasteiger partial charge in [0.15, 0.2) is 0 Å². The fraction of sp³-hybridized carbons (Fsp3) is 0.312. The largest absolute Gasteiger partial charge is 0.476 e. The number of aromatic nitrogens is 1. The highest BCUT2D eigenvalue weighted by Crippen LogP contribution is 2.21. The Bertz CT molecular complexity index is 620. The molecule has 0 aliphatic rings. The topological polar surface area (TPSA) is 60.2 Å². The molecule has 0 unspecified atom stereocenters. The summed E-state index contributed by atoms with van der Waals surface area (Å²) in [5.74, 6) is 0.948. The highest BCUT2D eigenvalue weighted by molar-refractivity contribution is 5.53. The van der Waals surface area contributed by atoms with Gasteiger partial charge in [0.1, 0.15) is 11.6 Å². The average molecular weight is 289 g/mol. The van der Waals surface area contributed by atoms with Gasteiger partial charge in [0.05, 0.1) is 12.3 Å². The molecule has 5 heteroatoms. The van der Waals surface area contributed by atoms with Gasteiger partial charge in [0, 0.05) is 6.54 Å². The van der Waals surface area contributed by atoms with Gasteiger partial charge in [-0.05, 0) is 49.6 Å². The monoisotopic (exact) mass is 289 g/mol. The Morgan fingerprint density at radius 3 is 2.52 bits per heavy atom. The minimum atomic E-state index is -0.150. The van der Waals surface area contributed by atoms with Crippen LogP contribution in [0, 0.1) is 19.7 Å². The van der Waals surface area contributed by atoms with Crippen LogP contribution in [0.4, 0.5) is 15.9 Å². The predicted molar refractivity (Wildman–Crippen MR) is 83.0 cm³/mol. The summed E-state index contributed by atoms with van der Waals surface area (Å²) in [7, 11) is 0. The summed E-state index contributed by atoms with van der Waals surface area (Å²) in [5.41, 5.74) is 8.59. The van der Waals surface area contributed by atoms with Crippen molar-refractivity contribution in [2.45, 2.75) is 27.3 Å². The molecule has 3 N–H and O–H groups in total. The first-order chi connectivity index (χ1) is 10.0. The quantitative estimate of drug-likeness (QED) is 0.885. The van der Waals surface area contributed by atoms with E-state index in [1.54, 1.807) is 26.0 Å². The molecule has 4 nitrogen and oxygen atoms in total. The van der Waals surface area contributed by atoms with Gasteiger partial charge in [-0.15, -0.1) is 0 Å². The maximum atomic E-state index is 13.6. The summed E-state index contributed by atoms with van der Waals surface area (Å²) in [4.78, 5) is 4.31. The minimum Gasteiger partial charge on any atom is -0.476 e. The molecule has 0 bridgehead atoms. The third-order valence-corrected chi connectivity index (χ3v) is 3.14. The van der Waals surface area contributed by atoms with Gasteiger partial charge in [-0.1, -0.05) is 12.1 Å². The lowest BCUT2D eigenvalue weighted by Crippen LogP contribution is -2.05. The number of hydrogen-bond acceptors (Lipinski definition) is 4. The van der Waals surface area contributed by atoms with Gasteiger partial charge in [-0.2, -0.15) is 4.98 Å². The highest BCUT2D eigenvalue weighted by atomic mass is 19.1. The van der Waals surface area contributed by atoms with E-state index < -0.39 is 0 Å². The van der Waals surface area contributed by atoms with Crippen LogP contribution in [0.5, 0.6) is 5.88 Å². The number of nitrogen functional groups attached to an aromatic ring is 1. The number of anilines is 2. The van der Waals surface area contributed by atoms with Crippen molar-refractivity contribution in [3.8, 4) is 5.88 Å². The Labute approximate surface area is 124 Å². The van der Waals surface area contributed by atoms with Gasteiger partial charge in [0.2, 0.25) is 5.88 Å². The van der Waals surface area contributed by atoms with Crippen molar-refractivity contribution < 1.29 is 9.13 Å². The third kappa shape index (κ3) is 3.62. The SMILES string of the molecule is CCOc1nc(NCc2cc(C)c(F)c(C)c2)ccc1N. The van der Waals surface area contributed by atoms with E-state index in [0.717, 1.165) is 5.56 Å². The summed E-state index contributed by atoms with van der Waals surface area (Å²) in [6.07, 6.45) is 0. The average Bonchev–Trinajstić information content (AvgIpc) is 2.45. The maximum absolute atomic E-state index is 13.6. The number of nitrogens with one attached hydrogen (secondary N) is 1. The molecule has 0 spiro atoms. The molecule has 0 saturated heterocycles. The molecule has 0 radical (unpaired) electrons. The molecule has 0 amide bonds. The smallest absolute Gasteiger partial charge is 0.239 e. The van der Waals surface area contributed by atoms with Gasteiger partial charge < -0.3 is 15.8 Å².